The Morgan fingerprint density at radius 2 is 1.86 bits per heavy atom. The van der Waals surface area contributed by atoms with E-state index in [1.54, 1.807) is 16.8 Å². The van der Waals surface area contributed by atoms with Crippen LogP contribution in [0.25, 0.3) is 5.69 Å². The molecule has 4 nitrogen and oxygen atoms in total. The van der Waals surface area contributed by atoms with E-state index in [1.165, 1.54) is 30.0 Å². The maximum atomic E-state index is 14.0. The molecular formula is C23H27FN4. The first kappa shape index (κ1) is 18.8. The molecule has 0 radical (unpaired) electrons. The minimum atomic E-state index is -0.256. The third-order valence-electron chi connectivity index (χ3n) is 5.35. The van der Waals surface area contributed by atoms with Crippen molar-refractivity contribution in [1.29, 1.82) is 0 Å². The van der Waals surface area contributed by atoms with Crippen molar-refractivity contribution in [2.75, 3.05) is 20.6 Å². The number of benzene rings is 2. The van der Waals surface area contributed by atoms with E-state index in [4.69, 9.17) is 0 Å². The largest absolute Gasteiger partial charge is 0.305 e. The van der Waals surface area contributed by atoms with Gasteiger partial charge in [-0.25, -0.2) is 9.07 Å². The Morgan fingerprint density at radius 1 is 1.07 bits per heavy atom. The van der Waals surface area contributed by atoms with Crippen LogP contribution in [-0.4, -0.2) is 40.2 Å². The first-order valence-corrected chi connectivity index (χ1v) is 9.86. The summed E-state index contributed by atoms with van der Waals surface area (Å²) in [6.45, 7) is 2.87. The van der Waals surface area contributed by atoms with Gasteiger partial charge in [0.05, 0.1) is 6.20 Å². The van der Waals surface area contributed by atoms with Gasteiger partial charge in [-0.05, 0) is 56.7 Å². The normalized spacial score (nSPS) is 17.5. The van der Waals surface area contributed by atoms with E-state index in [0.717, 1.165) is 25.2 Å². The number of hydrogen-bond donors (Lipinski definition) is 0. The van der Waals surface area contributed by atoms with Crippen LogP contribution < -0.4 is 0 Å². The third kappa shape index (κ3) is 4.16. The Morgan fingerprint density at radius 3 is 2.61 bits per heavy atom. The number of halogens is 1. The van der Waals surface area contributed by atoms with Crippen molar-refractivity contribution in [3.05, 3.63) is 83.4 Å². The van der Waals surface area contributed by atoms with Crippen LogP contribution in [0, 0.1) is 5.82 Å². The quantitative estimate of drug-likeness (QED) is 0.635. The van der Waals surface area contributed by atoms with Crippen LogP contribution in [-0.2, 0) is 13.1 Å². The molecule has 28 heavy (non-hydrogen) atoms. The SMILES string of the molecule is CN(C)Cc1ccc(C2CCCN2Cc2cnn(-c3ccccc3F)c2)cc1. The summed E-state index contributed by atoms with van der Waals surface area (Å²) in [5.74, 6) is -0.256. The molecule has 2 heterocycles. The molecule has 0 bridgehead atoms. The van der Waals surface area contributed by atoms with Gasteiger partial charge in [-0.1, -0.05) is 36.4 Å². The second kappa shape index (κ2) is 8.25. The molecule has 1 atom stereocenters. The van der Waals surface area contributed by atoms with Gasteiger partial charge in [-0.2, -0.15) is 5.10 Å². The van der Waals surface area contributed by atoms with Gasteiger partial charge in [0.1, 0.15) is 11.5 Å². The van der Waals surface area contributed by atoms with Crippen LogP contribution in [0.1, 0.15) is 35.6 Å². The van der Waals surface area contributed by atoms with E-state index in [1.807, 2.05) is 18.5 Å². The van der Waals surface area contributed by atoms with E-state index >= 15 is 0 Å². The zero-order chi connectivity index (χ0) is 19.5. The summed E-state index contributed by atoms with van der Waals surface area (Å²) in [6, 6.07) is 16.2. The molecule has 5 heteroatoms. The molecule has 0 saturated carbocycles. The van der Waals surface area contributed by atoms with Gasteiger partial charge >= 0.3 is 0 Å². The predicted octanol–water partition coefficient (Wildman–Crippen LogP) is 4.41. The molecule has 1 unspecified atom stereocenters. The van der Waals surface area contributed by atoms with Gasteiger partial charge in [0, 0.05) is 30.9 Å². The van der Waals surface area contributed by atoms with E-state index < -0.39 is 0 Å². The summed E-state index contributed by atoms with van der Waals surface area (Å²) < 4.78 is 15.6. The molecule has 0 amide bonds. The minimum Gasteiger partial charge on any atom is -0.305 e. The number of likely N-dealkylation sites (tertiary alicyclic amines) is 1. The smallest absolute Gasteiger partial charge is 0.148 e. The zero-order valence-electron chi connectivity index (χ0n) is 16.6. The van der Waals surface area contributed by atoms with E-state index in [9.17, 15) is 4.39 Å². The van der Waals surface area contributed by atoms with Crippen LogP contribution in [0.15, 0.2) is 60.9 Å². The molecule has 1 aliphatic heterocycles. The Kier molecular flexibility index (Phi) is 5.55. The highest BCUT2D eigenvalue weighted by Gasteiger charge is 2.26. The van der Waals surface area contributed by atoms with Crippen molar-refractivity contribution in [1.82, 2.24) is 19.6 Å². The lowest BCUT2D eigenvalue weighted by atomic mass is 10.0. The van der Waals surface area contributed by atoms with Crippen LogP contribution >= 0.6 is 0 Å². The highest BCUT2D eigenvalue weighted by atomic mass is 19.1. The van der Waals surface area contributed by atoms with Crippen molar-refractivity contribution in [3.8, 4) is 5.69 Å². The van der Waals surface area contributed by atoms with Crippen LogP contribution in [0.3, 0.4) is 0 Å². The topological polar surface area (TPSA) is 24.3 Å². The molecule has 0 N–H and O–H groups in total. The number of hydrogen-bond acceptors (Lipinski definition) is 3. The molecule has 146 valence electrons. The second-order valence-electron chi connectivity index (χ2n) is 7.85. The molecule has 2 aromatic carbocycles. The van der Waals surface area contributed by atoms with Crippen molar-refractivity contribution < 1.29 is 4.39 Å². The monoisotopic (exact) mass is 378 g/mol. The maximum Gasteiger partial charge on any atom is 0.148 e. The lowest BCUT2D eigenvalue weighted by molar-refractivity contribution is 0.248. The van der Waals surface area contributed by atoms with Crippen molar-refractivity contribution in [3.63, 3.8) is 0 Å². The molecule has 1 aliphatic rings. The number of nitrogens with zero attached hydrogens (tertiary/aromatic N) is 4. The molecule has 0 aliphatic carbocycles. The summed E-state index contributed by atoms with van der Waals surface area (Å²) in [5, 5.41) is 4.37. The van der Waals surface area contributed by atoms with Gasteiger partial charge in [-0.3, -0.25) is 4.90 Å². The fraction of sp³-hybridized carbons (Fsp3) is 0.348. The first-order valence-electron chi connectivity index (χ1n) is 9.86. The molecular weight excluding hydrogens is 351 g/mol. The van der Waals surface area contributed by atoms with Gasteiger partial charge in [-0.15, -0.1) is 0 Å². The molecule has 1 fully saturated rings. The van der Waals surface area contributed by atoms with Gasteiger partial charge in [0.25, 0.3) is 0 Å². The van der Waals surface area contributed by atoms with Gasteiger partial charge < -0.3 is 4.90 Å². The van der Waals surface area contributed by atoms with E-state index in [0.29, 0.717) is 11.7 Å². The fourth-order valence-electron chi connectivity index (χ4n) is 4.05. The molecule has 3 aromatic rings. The third-order valence-corrected chi connectivity index (χ3v) is 5.35. The van der Waals surface area contributed by atoms with Crippen LogP contribution in [0.2, 0.25) is 0 Å². The lowest BCUT2D eigenvalue weighted by Gasteiger charge is -2.24. The van der Waals surface area contributed by atoms with E-state index in [-0.39, 0.29) is 5.82 Å². The summed E-state index contributed by atoms with van der Waals surface area (Å²) >= 11 is 0. The fourth-order valence-corrected chi connectivity index (χ4v) is 4.05. The Hall–Kier alpha value is -2.50. The number of rotatable bonds is 6. The first-order chi connectivity index (χ1) is 13.6. The van der Waals surface area contributed by atoms with Crippen LogP contribution in [0.5, 0.6) is 0 Å². The summed E-state index contributed by atoms with van der Waals surface area (Å²) in [7, 11) is 4.18. The standard InChI is InChI=1S/C23H27FN4/c1-26(2)15-18-9-11-20(12-10-18)22-8-5-13-27(22)16-19-14-25-28(17-19)23-7-4-3-6-21(23)24/h3-4,6-7,9-12,14,17,22H,5,8,13,15-16H2,1-2H3. The lowest BCUT2D eigenvalue weighted by Crippen LogP contribution is -2.22. The number of aromatic nitrogens is 2. The predicted molar refractivity (Wildman–Crippen MR) is 110 cm³/mol. The minimum absolute atomic E-state index is 0.256. The van der Waals surface area contributed by atoms with Crippen molar-refractivity contribution in [2.45, 2.75) is 32.0 Å². The second-order valence-corrected chi connectivity index (χ2v) is 7.85. The van der Waals surface area contributed by atoms with Gasteiger partial charge in [0.15, 0.2) is 0 Å². The summed E-state index contributed by atoms with van der Waals surface area (Å²) in [4.78, 5) is 4.69. The maximum absolute atomic E-state index is 14.0. The summed E-state index contributed by atoms with van der Waals surface area (Å²) in [5.41, 5.74) is 4.31. The average molecular weight is 378 g/mol. The molecule has 4 rings (SSSR count). The van der Waals surface area contributed by atoms with Crippen LogP contribution in [0.4, 0.5) is 4.39 Å². The molecule has 0 spiro atoms. The Balaban J connectivity index is 1.47. The average Bonchev–Trinajstić information content (AvgIpc) is 3.32. The highest BCUT2D eigenvalue weighted by molar-refractivity contribution is 5.33. The van der Waals surface area contributed by atoms with E-state index in [2.05, 4.69) is 53.3 Å². The Labute approximate surface area is 166 Å². The zero-order valence-corrected chi connectivity index (χ0v) is 16.6. The molecule has 1 aromatic heterocycles. The van der Waals surface area contributed by atoms with Gasteiger partial charge in [0.2, 0.25) is 0 Å². The van der Waals surface area contributed by atoms with Crippen molar-refractivity contribution in [2.24, 2.45) is 0 Å². The highest BCUT2D eigenvalue weighted by Crippen LogP contribution is 2.33. The Bertz CT molecular complexity index is 916. The van der Waals surface area contributed by atoms with Crippen molar-refractivity contribution >= 4 is 0 Å². The molecule has 1 saturated heterocycles. The number of para-hydroxylation sites is 1. The summed E-state index contributed by atoms with van der Waals surface area (Å²) in [6.07, 6.45) is 6.16.